The van der Waals surface area contributed by atoms with Gasteiger partial charge in [-0.25, -0.2) is 9.78 Å². The summed E-state index contributed by atoms with van der Waals surface area (Å²) in [6.45, 7) is 2.78. The van der Waals surface area contributed by atoms with E-state index in [-0.39, 0.29) is 30.9 Å². The van der Waals surface area contributed by atoms with Crippen LogP contribution in [0.5, 0.6) is 5.75 Å². The molecule has 4 unspecified atom stereocenters. The normalized spacial score (nSPS) is 14.3. The van der Waals surface area contributed by atoms with Crippen molar-refractivity contribution in [3.63, 3.8) is 0 Å². The number of H-pyrrole nitrogens is 1. The summed E-state index contributed by atoms with van der Waals surface area (Å²) in [7, 11) is 0. The lowest BCUT2D eigenvalue weighted by atomic mass is 10.0. The maximum atomic E-state index is 13.1. The van der Waals surface area contributed by atoms with E-state index in [9.17, 15) is 34.5 Å². The van der Waals surface area contributed by atoms with Crippen molar-refractivity contribution in [2.75, 3.05) is 6.61 Å². The fourth-order valence-electron chi connectivity index (χ4n) is 3.51. The Hall–Kier alpha value is -3.97. The lowest BCUT2D eigenvalue weighted by molar-refractivity contribution is -0.143. The number of aliphatic hydroxyl groups is 1. The number of rotatable bonds is 14. The molecular formula is C24H34N6O7. The number of benzene rings is 1. The van der Waals surface area contributed by atoms with Crippen LogP contribution >= 0.6 is 0 Å². The van der Waals surface area contributed by atoms with Gasteiger partial charge in [-0.2, -0.15) is 0 Å². The highest BCUT2D eigenvalue weighted by molar-refractivity contribution is 5.94. The molecule has 0 radical (unpaired) electrons. The van der Waals surface area contributed by atoms with E-state index in [4.69, 9.17) is 5.73 Å². The number of carbonyl (C=O) groups excluding carboxylic acids is 3. The monoisotopic (exact) mass is 518 g/mol. The number of phenols is 1. The third-order valence-corrected chi connectivity index (χ3v) is 5.48. The summed E-state index contributed by atoms with van der Waals surface area (Å²) in [5.74, 6) is -3.56. The summed E-state index contributed by atoms with van der Waals surface area (Å²) in [6, 6.07) is 1.09. The number of nitrogens with two attached hydrogens (primary N) is 1. The van der Waals surface area contributed by atoms with Crippen LogP contribution in [0.3, 0.4) is 0 Å². The second-order valence-corrected chi connectivity index (χ2v) is 9.09. The lowest BCUT2D eigenvalue weighted by Crippen LogP contribution is -2.58. The van der Waals surface area contributed by atoms with Crippen LogP contribution in [0.15, 0.2) is 36.8 Å². The Morgan fingerprint density at radius 1 is 0.946 bits per heavy atom. The van der Waals surface area contributed by atoms with E-state index in [1.54, 1.807) is 26.0 Å². The van der Waals surface area contributed by atoms with Gasteiger partial charge >= 0.3 is 5.97 Å². The smallest absolute Gasteiger partial charge is 0.326 e. The molecule has 0 bridgehead atoms. The number of carbonyl (C=O) groups is 4. The van der Waals surface area contributed by atoms with Gasteiger partial charge in [0.25, 0.3) is 0 Å². The predicted octanol–water partition coefficient (Wildman–Crippen LogP) is -1.19. The molecule has 0 saturated heterocycles. The van der Waals surface area contributed by atoms with Crippen molar-refractivity contribution in [1.82, 2.24) is 25.9 Å². The van der Waals surface area contributed by atoms with E-state index in [1.807, 2.05) is 0 Å². The van der Waals surface area contributed by atoms with Crippen LogP contribution in [0.4, 0.5) is 0 Å². The van der Waals surface area contributed by atoms with Crippen molar-refractivity contribution >= 4 is 23.7 Å². The van der Waals surface area contributed by atoms with Gasteiger partial charge < -0.3 is 42.0 Å². The van der Waals surface area contributed by atoms with E-state index in [0.29, 0.717) is 11.3 Å². The number of carboxylic acid groups (broad SMARTS) is 1. The van der Waals surface area contributed by atoms with Crippen LogP contribution < -0.4 is 21.7 Å². The molecule has 13 nitrogen and oxygen atoms in total. The molecule has 1 heterocycles. The first-order valence-electron chi connectivity index (χ1n) is 11.8. The standard InChI is InChI=1S/C24H34N6O7/c1-13(2)7-19(24(36)37)29-23(35)20(11-31)30-22(34)18(8-14-3-5-16(32)6-4-14)28-21(33)17(25)9-15-10-26-12-27-15/h3-6,10,12-13,17-20,31-32H,7-9,11,25H2,1-2H3,(H,26,27)(H,28,33)(H,29,35)(H,30,34)(H,36,37). The number of hydrogen-bond donors (Lipinski definition) is 8. The van der Waals surface area contributed by atoms with Crippen LogP contribution in [0.25, 0.3) is 0 Å². The van der Waals surface area contributed by atoms with Gasteiger partial charge in [-0.15, -0.1) is 0 Å². The minimum atomic E-state index is -1.46. The molecule has 9 N–H and O–H groups in total. The Balaban J connectivity index is 2.15. The summed E-state index contributed by atoms with van der Waals surface area (Å²) in [5.41, 5.74) is 7.19. The fourth-order valence-corrected chi connectivity index (χ4v) is 3.51. The van der Waals surface area contributed by atoms with Crippen molar-refractivity contribution < 1.29 is 34.5 Å². The zero-order valence-electron chi connectivity index (χ0n) is 20.7. The average molecular weight is 519 g/mol. The van der Waals surface area contributed by atoms with Crippen LogP contribution in [0, 0.1) is 5.92 Å². The number of hydrogen-bond acceptors (Lipinski definition) is 8. The molecule has 3 amide bonds. The molecule has 0 fully saturated rings. The minimum absolute atomic E-state index is 0.0144. The van der Waals surface area contributed by atoms with Crippen molar-refractivity contribution in [3.05, 3.63) is 48.0 Å². The molecule has 13 heteroatoms. The molecule has 0 spiro atoms. The number of aromatic amines is 1. The molecular weight excluding hydrogens is 484 g/mol. The summed E-state index contributed by atoms with van der Waals surface area (Å²) < 4.78 is 0. The van der Waals surface area contributed by atoms with Gasteiger partial charge in [-0.3, -0.25) is 14.4 Å². The van der Waals surface area contributed by atoms with E-state index >= 15 is 0 Å². The highest BCUT2D eigenvalue weighted by Gasteiger charge is 2.30. The van der Waals surface area contributed by atoms with Gasteiger partial charge in [-0.05, 0) is 30.0 Å². The number of nitrogens with one attached hydrogen (secondary N) is 4. The molecule has 37 heavy (non-hydrogen) atoms. The van der Waals surface area contributed by atoms with Crippen molar-refractivity contribution in [3.8, 4) is 5.75 Å². The fraction of sp³-hybridized carbons (Fsp3) is 0.458. The number of aliphatic carboxylic acids is 1. The maximum absolute atomic E-state index is 13.1. The molecule has 0 aliphatic rings. The van der Waals surface area contributed by atoms with Gasteiger partial charge in [0.2, 0.25) is 17.7 Å². The van der Waals surface area contributed by atoms with Gasteiger partial charge in [-0.1, -0.05) is 26.0 Å². The van der Waals surface area contributed by atoms with Crippen molar-refractivity contribution in [2.45, 2.75) is 57.3 Å². The molecule has 2 aromatic rings. The molecule has 0 aliphatic heterocycles. The number of imidazole rings is 1. The second kappa shape index (κ2) is 13.9. The van der Waals surface area contributed by atoms with E-state index in [2.05, 4.69) is 25.9 Å². The minimum Gasteiger partial charge on any atom is -0.508 e. The van der Waals surface area contributed by atoms with Gasteiger partial charge in [0.05, 0.1) is 19.0 Å². The van der Waals surface area contributed by atoms with Gasteiger partial charge in [0, 0.05) is 24.7 Å². The molecule has 1 aromatic heterocycles. The molecule has 202 valence electrons. The Kier molecular flexibility index (Phi) is 11.0. The Morgan fingerprint density at radius 2 is 1.54 bits per heavy atom. The molecule has 1 aromatic carbocycles. The maximum Gasteiger partial charge on any atom is 0.326 e. The summed E-state index contributed by atoms with van der Waals surface area (Å²) >= 11 is 0. The Morgan fingerprint density at radius 3 is 2.08 bits per heavy atom. The molecule has 0 aliphatic carbocycles. The highest BCUT2D eigenvalue weighted by Crippen LogP contribution is 2.12. The van der Waals surface area contributed by atoms with Crippen LogP contribution in [0.1, 0.15) is 31.5 Å². The first-order valence-corrected chi connectivity index (χ1v) is 11.8. The SMILES string of the molecule is CC(C)CC(NC(=O)C(CO)NC(=O)C(Cc1ccc(O)cc1)NC(=O)C(N)Cc1cnc[nH]1)C(=O)O. The van der Waals surface area contributed by atoms with E-state index in [1.165, 1.54) is 24.7 Å². The summed E-state index contributed by atoms with van der Waals surface area (Å²) in [6.07, 6.45) is 3.23. The van der Waals surface area contributed by atoms with Gasteiger partial charge in [0.1, 0.15) is 23.9 Å². The Labute approximate surface area is 213 Å². The van der Waals surface area contributed by atoms with E-state index in [0.717, 1.165) is 0 Å². The van der Waals surface area contributed by atoms with Gasteiger partial charge in [0.15, 0.2) is 0 Å². The highest BCUT2D eigenvalue weighted by atomic mass is 16.4. The summed E-state index contributed by atoms with van der Waals surface area (Å²) in [4.78, 5) is 56.7. The number of aromatic nitrogens is 2. The predicted molar refractivity (Wildman–Crippen MR) is 132 cm³/mol. The summed E-state index contributed by atoms with van der Waals surface area (Å²) in [5, 5.41) is 35.9. The number of aliphatic hydroxyl groups excluding tert-OH is 1. The number of carboxylic acids is 1. The first kappa shape index (κ1) is 29.3. The number of phenolic OH excluding ortho intramolecular Hbond substituents is 1. The third kappa shape index (κ3) is 9.54. The van der Waals surface area contributed by atoms with Crippen LogP contribution in [0.2, 0.25) is 0 Å². The second-order valence-electron chi connectivity index (χ2n) is 9.09. The topological polar surface area (TPSA) is 220 Å². The first-order chi connectivity index (χ1) is 17.5. The van der Waals surface area contributed by atoms with Crippen LogP contribution in [-0.4, -0.2) is 79.8 Å². The number of nitrogens with zero attached hydrogens (tertiary/aromatic N) is 1. The third-order valence-electron chi connectivity index (χ3n) is 5.48. The lowest BCUT2D eigenvalue weighted by Gasteiger charge is -2.25. The molecule has 0 saturated carbocycles. The average Bonchev–Trinajstić information content (AvgIpc) is 3.35. The quantitative estimate of drug-likeness (QED) is 0.150. The molecule has 2 rings (SSSR count). The van der Waals surface area contributed by atoms with Crippen molar-refractivity contribution in [2.24, 2.45) is 11.7 Å². The largest absolute Gasteiger partial charge is 0.508 e. The molecule has 4 atom stereocenters. The van der Waals surface area contributed by atoms with Crippen LogP contribution in [-0.2, 0) is 32.0 Å². The zero-order chi connectivity index (χ0) is 27.5. The zero-order valence-corrected chi connectivity index (χ0v) is 20.7. The Bertz CT molecular complexity index is 1040. The number of aromatic hydroxyl groups is 1. The number of amides is 3. The van der Waals surface area contributed by atoms with Crippen molar-refractivity contribution in [1.29, 1.82) is 0 Å². The van der Waals surface area contributed by atoms with E-state index < -0.39 is 54.5 Å².